The van der Waals surface area contributed by atoms with Crippen molar-refractivity contribution in [3.8, 4) is 5.69 Å². The summed E-state index contributed by atoms with van der Waals surface area (Å²) in [5.41, 5.74) is 7.10. The van der Waals surface area contributed by atoms with Crippen molar-refractivity contribution in [3.63, 3.8) is 0 Å². The van der Waals surface area contributed by atoms with Gasteiger partial charge in [-0.15, -0.1) is 11.3 Å². The normalized spacial score (nSPS) is 10.8. The maximum Gasteiger partial charge on any atom is 0.279 e. The van der Waals surface area contributed by atoms with Crippen LogP contribution >= 0.6 is 23.1 Å². The number of nitrogens with zero attached hydrogens (tertiary/aromatic N) is 2. The number of carbonyl (C=O) groups excluding carboxylic acids is 2. The first-order valence-electron chi connectivity index (χ1n) is 8.44. The van der Waals surface area contributed by atoms with E-state index in [1.54, 1.807) is 23.7 Å². The van der Waals surface area contributed by atoms with Crippen molar-refractivity contribution in [2.45, 2.75) is 24.9 Å². The van der Waals surface area contributed by atoms with Crippen LogP contribution in [0.4, 0.5) is 0 Å². The van der Waals surface area contributed by atoms with Gasteiger partial charge in [0.15, 0.2) is 5.16 Å². The second kappa shape index (κ2) is 8.88. The van der Waals surface area contributed by atoms with Crippen LogP contribution in [0.5, 0.6) is 0 Å². The maximum atomic E-state index is 12.0. The molecule has 0 aliphatic heterocycles. The molecule has 0 spiro atoms. The fraction of sp³-hybridized carbons (Fsp3) is 0.211. The first-order valence-corrected chi connectivity index (χ1v) is 10.3. The van der Waals surface area contributed by atoms with Crippen LogP contribution in [0.25, 0.3) is 5.69 Å². The minimum atomic E-state index is -0.324. The van der Waals surface area contributed by atoms with Crippen molar-refractivity contribution in [2.75, 3.05) is 5.75 Å². The van der Waals surface area contributed by atoms with Gasteiger partial charge in [0.2, 0.25) is 5.91 Å². The van der Waals surface area contributed by atoms with Crippen LogP contribution in [-0.2, 0) is 4.79 Å². The highest BCUT2D eigenvalue weighted by molar-refractivity contribution is 7.99. The Morgan fingerprint density at radius 1 is 1.19 bits per heavy atom. The van der Waals surface area contributed by atoms with Crippen molar-refractivity contribution < 1.29 is 9.59 Å². The molecule has 0 saturated heterocycles. The summed E-state index contributed by atoms with van der Waals surface area (Å²) < 4.78 is 1.94. The summed E-state index contributed by atoms with van der Waals surface area (Å²) in [5.74, 6) is -0.000280. The Kier molecular flexibility index (Phi) is 6.31. The molecule has 27 heavy (non-hydrogen) atoms. The van der Waals surface area contributed by atoms with Gasteiger partial charge in [0.05, 0.1) is 10.6 Å². The van der Waals surface area contributed by atoms with Crippen LogP contribution in [0, 0.1) is 0 Å². The number of carbonyl (C=O) groups is 2. The van der Waals surface area contributed by atoms with E-state index < -0.39 is 0 Å². The Morgan fingerprint density at radius 3 is 2.63 bits per heavy atom. The number of benzene rings is 1. The molecule has 0 radical (unpaired) electrons. The van der Waals surface area contributed by atoms with E-state index in [0.717, 1.165) is 5.69 Å². The van der Waals surface area contributed by atoms with E-state index in [1.165, 1.54) is 28.7 Å². The van der Waals surface area contributed by atoms with Gasteiger partial charge in [0.25, 0.3) is 5.91 Å². The number of aromatic nitrogens is 2. The lowest BCUT2D eigenvalue weighted by atomic mass is 10.0. The molecule has 2 amide bonds. The molecule has 3 aromatic rings. The fourth-order valence-electron chi connectivity index (χ4n) is 2.37. The maximum absolute atomic E-state index is 12.0. The van der Waals surface area contributed by atoms with Crippen LogP contribution in [0.1, 0.15) is 35.0 Å². The molecule has 0 fully saturated rings. The third-order valence-electron chi connectivity index (χ3n) is 3.84. The van der Waals surface area contributed by atoms with Crippen molar-refractivity contribution in [1.82, 2.24) is 20.4 Å². The van der Waals surface area contributed by atoms with Crippen molar-refractivity contribution in [2.24, 2.45) is 0 Å². The number of hydrazine groups is 1. The zero-order valence-electron chi connectivity index (χ0n) is 15.0. The Morgan fingerprint density at radius 2 is 1.96 bits per heavy atom. The van der Waals surface area contributed by atoms with E-state index in [1.807, 2.05) is 22.9 Å². The molecular weight excluding hydrogens is 380 g/mol. The highest BCUT2D eigenvalue weighted by atomic mass is 32.2. The minimum Gasteiger partial charge on any atom is -0.295 e. The number of thioether (sulfide) groups is 1. The van der Waals surface area contributed by atoms with E-state index >= 15 is 0 Å². The predicted octanol–water partition coefficient (Wildman–Crippen LogP) is 3.61. The smallest absolute Gasteiger partial charge is 0.279 e. The second-order valence-electron chi connectivity index (χ2n) is 6.09. The van der Waals surface area contributed by atoms with Gasteiger partial charge in [0.1, 0.15) is 0 Å². The third-order valence-corrected chi connectivity index (χ3v) is 5.67. The number of hydrogen-bond donors (Lipinski definition) is 2. The first-order chi connectivity index (χ1) is 13.0. The standard InChI is InChI=1S/C19H20N4O2S2/c1-13(2)14-5-7-15(8-6-14)23-10-9-20-19(23)27-12-17(24)21-22-18(25)16-4-3-11-26-16/h3-11,13H,12H2,1-2H3,(H,21,24)(H,22,25). The SMILES string of the molecule is CC(C)c1ccc(-n2ccnc2SCC(=O)NNC(=O)c2cccs2)cc1. The molecular formula is C19H20N4O2S2. The molecule has 3 rings (SSSR count). The van der Waals surface area contributed by atoms with E-state index in [0.29, 0.717) is 16.0 Å². The van der Waals surface area contributed by atoms with Gasteiger partial charge in [0, 0.05) is 18.1 Å². The van der Waals surface area contributed by atoms with Gasteiger partial charge in [-0.2, -0.15) is 0 Å². The molecule has 2 heterocycles. The van der Waals surface area contributed by atoms with E-state index in [2.05, 4.69) is 41.8 Å². The highest BCUT2D eigenvalue weighted by Gasteiger charge is 2.11. The molecule has 0 aliphatic rings. The summed E-state index contributed by atoms with van der Waals surface area (Å²) in [6.07, 6.45) is 3.57. The van der Waals surface area contributed by atoms with Gasteiger partial charge in [-0.05, 0) is 35.1 Å². The number of nitrogens with one attached hydrogen (secondary N) is 2. The van der Waals surface area contributed by atoms with E-state index in [4.69, 9.17) is 0 Å². The molecule has 0 bridgehead atoms. The summed E-state index contributed by atoms with van der Waals surface area (Å²) in [6.45, 7) is 4.31. The zero-order valence-corrected chi connectivity index (χ0v) is 16.6. The van der Waals surface area contributed by atoms with Crippen molar-refractivity contribution >= 4 is 34.9 Å². The molecule has 1 aromatic carbocycles. The summed E-state index contributed by atoms with van der Waals surface area (Å²) in [6, 6.07) is 11.8. The van der Waals surface area contributed by atoms with Crippen LogP contribution in [0.15, 0.2) is 59.3 Å². The molecule has 2 aromatic heterocycles. The fourth-order valence-corrected chi connectivity index (χ4v) is 3.77. The largest absolute Gasteiger partial charge is 0.295 e. The average Bonchev–Trinajstić information content (AvgIpc) is 3.36. The van der Waals surface area contributed by atoms with E-state index in [9.17, 15) is 9.59 Å². The van der Waals surface area contributed by atoms with Gasteiger partial charge < -0.3 is 0 Å². The Bertz CT molecular complexity index is 902. The second-order valence-corrected chi connectivity index (χ2v) is 7.98. The van der Waals surface area contributed by atoms with Crippen LogP contribution < -0.4 is 10.9 Å². The third kappa shape index (κ3) is 4.99. The van der Waals surface area contributed by atoms with Crippen LogP contribution in [-0.4, -0.2) is 27.1 Å². The molecule has 0 aliphatic carbocycles. The Balaban J connectivity index is 1.55. The summed E-state index contributed by atoms with van der Waals surface area (Å²) in [5, 5.41) is 2.52. The number of amides is 2. The molecule has 0 atom stereocenters. The molecule has 140 valence electrons. The van der Waals surface area contributed by atoms with E-state index in [-0.39, 0.29) is 17.6 Å². The monoisotopic (exact) mass is 400 g/mol. The quantitative estimate of drug-likeness (QED) is 0.490. The topological polar surface area (TPSA) is 76.0 Å². The lowest BCUT2D eigenvalue weighted by Crippen LogP contribution is -2.42. The van der Waals surface area contributed by atoms with Gasteiger partial charge in [-0.3, -0.25) is 25.0 Å². The first kappa shape index (κ1) is 19.2. The number of hydrogen-bond acceptors (Lipinski definition) is 5. The lowest BCUT2D eigenvalue weighted by molar-refractivity contribution is -0.119. The number of thiophene rings is 1. The van der Waals surface area contributed by atoms with Crippen LogP contribution in [0.3, 0.4) is 0 Å². The molecule has 6 nitrogen and oxygen atoms in total. The minimum absolute atomic E-state index is 0.145. The zero-order chi connectivity index (χ0) is 19.2. The van der Waals surface area contributed by atoms with Crippen molar-refractivity contribution in [1.29, 1.82) is 0 Å². The Labute approximate surface area is 166 Å². The summed E-state index contributed by atoms with van der Waals surface area (Å²) in [4.78, 5) is 28.7. The molecule has 2 N–H and O–H groups in total. The number of rotatable bonds is 6. The molecule has 0 unspecified atom stereocenters. The molecule has 0 saturated carbocycles. The van der Waals surface area contributed by atoms with Gasteiger partial charge >= 0.3 is 0 Å². The van der Waals surface area contributed by atoms with Crippen molar-refractivity contribution in [3.05, 3.63) is 64.6 Å². The highest BCUT2D eigenvalue weighted by Crippen LogP contribution is 2.22. The summed E-state index contributed by atoms with van der Waals surface area (Å²) >= 11 is 2.62. The Hall–Kier alpha value is -2.58. The molecule has 8 heteroatoms. The lowest BCUT2D eigenvalue weighted by Gasteiger charge is -2.10. The number of imidazole rings is 1. The van der Waals surface area contributed by atoms with Gasteiger partial charge in [-0.25, -0.2) is 4.98 Å². The van der Waals surface area contributed by atoms with Crippen LogP contribution in [0.2, 0.25) is 0 Å². The summed E-state index contributed by atoms with van der Waals surface area (Å²) in [7, 11) is 0. The average molecular weight is 401 g/mol. The van der Waals surface area contributed by atoms with Gasteiger partial charge in [-0.1, -0.05) is 43.8 Å². The predicted molar refractivity (Wildman–Crippen MR) is 108 cm³/mol.